The van der Waals surface area contributed by atoms with Gasteiger partial charge in [0.05, 0.1) is 11.1 Å². The van der Waals surface area contributed by atoms with Crippen molar-refractivity contribution in [1.82, 2.24) is 14.5 Å². The van der Waals surface area contributed by atoms with Crippen LogP contribution in [0, 0.1) is 13.8 Å². The molecule has 33 heavy (non-hydrogen) atoms. The summed E-state index contributed by atoms with van der Waals surface area (Å²) in [6, 6.07) is 15.2. The molecule has 1 aliphatic carbocycles. The van der Waals surface area contributed by atoms with E-state index in [4.69, 9.17) is 0 Å². The molecule has 1 aliphatic rings. The number of amides is 1. The first-order valence-corrected chi connectivity index (χ1v) is 11.9. The monoisotopic (exact) mass is 459 g/mol. The Morgan fingerprint density at radius 2 is 1.82 bits per heavy atom. The standard InChI is InChI=1S/C26H25N3O3S/c1-16-11-12-19(13-17(16)2)29-24(31)23-20-9-6-10-21(20)33-25(23)28(26(29)32)15-22(30)27-14-18-7-4-3-5-8-18/h3-5,7-8,11-13H,6,9-10,14-15H2,1-2H3,(H,27,30). The fourth-order valence-electron chi connectivity index (χ4n) is 4.43. The molecule has 6 nitrogen and oxygen atoms in total. The van der Waals surface area contributed by atoms with Gasteiger partial charge in [-0.15, -0.1) is 11.3 Å². The maximum Gasteiger partial charge on any atom is 0.337 e. The lowest BCUT2D eigenvalue weighted by molar-refractivity contribution is -0.121. The molecular weight excluding hydrogens is 434 g/mol. The molecule has 2 aromatic carbocycles. The zero-order chi connectivity index (χ0) is 23.1. The van der Waals surface area contributed by atoms with Crippen LogP contribution in [-0.4, -0.2) is 15.0 Å². The molecule has 0 radical (unpaired) electrons. The maximum atomic E-state index is 13.6. The third kappa shape index (κ3) is 3.82. The van der Waals surface area contributed by atoms with Gasteiger partial charge in [0.1, 0.15) is 11.4 Å². The molecule has 4 aromatic rings. The molecule has 0 aliphatic heterocycles. The molecule has 0 bridgehead atoms. The van der Waals surface area contributed by atoms with Gasteiger partial charge in [0.25, 0.3) is 5.56 Å². The average molecular weight is 460 g/mol. The largest absolute Gasteiger partial charge is 0.350 e. The van der Waals surface area contributed by atoms with Crippen LogP contribution in [0.4, 0.5) is 0 Å². The molecule has 0 atom stereocenters. The summed E-state index contributed by atoms with van der Waals surface area (Å²) in [5, 5.41) is 3.48. The van der Waals surface area contributed by atoms with E-state index < -0.39 is 5.69 Å². The first-order chi connectivity index (χ1) is 15.9. The lowest BCUT2D eigenvalue weighted by Gasteiger charge is -2.14. The van der Waals surface area contributed by atoms with Gasteiger partial charge in [-0.05, 0) is 67.5 Å². The number of hydrogen-bond acceptors (Lipinski definition) is 4. The molecule has 2 aromatic heterocycles. The Morgan fingerprint density at radius 1 is 1.03 bits per heavy atom. The molecule has 0 spiro atoms. The predicted octanol–water partition coefficient (Wildman–Crippen LogP) is 3.64. The van der Waals surface area contributed by atoms with Crippen molar-refractivity contribution in [2.45, 2.75) is 46.2 Å². The Hall–Kier alpha value is -3.45. The van der Waals surface area contributed by atoms with Gasteiger partial charge in [-0.1, -0.05) is 36.4 Å². The highest BCUT2D eigenvalue weighted by Crippen LogP contribution is 2.35. The Balaban J connectivity index is 1.61. The number of rotatable bonds is 5. The smallest absolute Gasteiger partial charge is 0.337 e. The second-order valence-electron chi connectivity index (χ2n) is 8.58. The average Bonchev–Trinajstić information content (AvgIpc) is 3.40. The van der Waals surface area contributed by atoms with Crippen molar-refractivity contribution in [2.24, 2.45) is 0 Å². The Bertz CT molecular complexity index is 1500. The highest BCUT2D eigenvalue weighted by molar-refractivity contribution is 7.19. The molecule has 5 rings (SSSR count). The van der Waals surface area contributed by atoms with Crippen molar-refractivity contribution in [2.75, 3.05) is 0 Å². The number of nitrogens with zero attached hydrogens (tertiary/aromatic N) is 2. The summed E-state index contributed by atoms with van der Waals surface area (Å²) in [7, 11) is 0. The maximum absolute atomic E-state index is 13.6. The molecule has 168 valence electrons. The van der Waals surface area contributed by atoms with E-state index in [1.54, 1.807) is 6.07 Å². The zero-order valence-corrected chi connectivity index (χ0v) is 19.5. The minimum atomic E-state index is -0.481. The predicted molar refractivity (Wildman–Crippen MR) is 131 cm³/mol. The van der Waals surface area contributed by atoms with Crippen LogP contribution in [0.25, 0.3) is 15.9 Å². The lowest BCUT2D eigenvalue weighted by Crippen LogP contribution is -2.41. The van der Waals surface area contributed by atoms with Crippen molar-refractivity contribution in [3.05, 3.63) is 96.5 Å². The summed E-state index contributed by atoms with van der Waals surface area (Å²) in [6.45, 7) is 4.20. The van der Waals surface area contributed by atoms with Gasteiger partial charge in [0, 0.05) is 11.4 Å². The number of nitrogens with one attached hydrogen (secondary N) is 1. The van der Waals surface area contributed by atoms with Crippen LogP contribution in [-0.2, 0) is 30.7 Å². The number of aromatic nitrogens is 2. The first-order valence-electron chi connectivity index (χ1n) is 11.1. The van der Waals surface area contributed by atoms with Gasteiger partial charge in [0.15, 0.2) is 0 Å². The van der Waals surface area contributed by atoms with E-state index in [1.807, 2.05) is 56.3 Å². The number of carbonyl (C=O) groups excluding carboxylic acids is 1. The van der Waals surface area contributed by atoms with E-state index in [-0.39, 0.29) is 18.0 Å². The van der Waals surface area contributed by atoms with E-state index in [1.165, 1.54) is 20.5 Å². The summed E-state index contributed by atoms with van der Waals surface area (Å²) in [5.74, 6) is -0.263. The summed E-state index contributed by atoms with van der Waals surface area (Å²) < 4.78 is 2.69. The quantitative estimate of drug-likeness (QED) is 0.495. The second kappa shape index (κ2) is 8.48. The summed E-state index contributed by atoms with van der Waals surface area (Å²) in [6.07, 6.45) is 2.75. The SMILES string of the molecule is Cc1ccc(-n2c(=O)c3c4c(sc3n(CC(=O)NCc3ccccc3)c2=O)CCC4)cc1C. The molecule has 0 saturated carbocycles. The second-order valence-corrected chi connectivity index (χ2v) is 9.66. The molecule has 2 heterocycles. The number of hydrogen-bond donors (Lipinski definition) is 1. The molecule has 7 heteroatoms. The van der Waals surface area contributed by atoms with Crippen molar-refractivity contribution in [3.63, 3.8) is 0 Å². The van der Waals surface area contributed by atoms with Crippen LogP contribution >= 0.6 is 11.3 Å². The third-order valence-electron chi connectivity index (χ3n) is 6.37. The molecule has 1 amide bonds. The number of carbonyl (C=O) groups is 1. The van der Waals surface area contributed by atoms with E-state index >= 15 is 0 Å². The molecule has 0 unspecified atom stereocenters. The van der Waals surface area contributed by atoms with E-state index in [2.05, 4.69) is 5.32 Å². The highest BCUT2D eigenvalue weighted by Gasteiger charge is 2.26. The van der Waals surface area contributed by atoms with E-state index in [9.17, 15) is 14.4 Å². The zero-order valence-electron chi connectivity index (χ0n) is 18.7. The van der Waals surface area contributed by atoms with Crippen LogP contribution in [0.5, 0.6) is 0 Å². The van der Waals surface area contributed by atoms with E-state index in [0.29, 0.717) is 22.4 Å². The summed E-state index contributed by atoms with van der Waals surface area (Å²) in [4.78, 5) is 41.7. The minimum absolute atomic E-state index is 0.132. The molecule has 0 saturated heterocycles. The fourth-order valence-corrected chi connectivity index (χ4v) is 5.81. The van der Waals surface area contributed by atoms with Gasteiger partial charge >= 0.3 is 5.69 Å². The van der Waals surface area contributed by atoms with Crippen molar-refractivity contribution in [1.29, 1.82) is 0 Å². The van der Waals surface area contributed by atoms with Crippen LogP contribution in [0.1, 0.15) is 33.6 Å². The number of thiophene rings is 1. The Morgan fingerprint density at radius 3 is 2.58 bits per heavy atom. The van der Waals surface area contributed by atoms with Gasteiger partial charge < -0.3 is 5.32 Å². The number of fused-ring (bicyclic) bond motifs is 3. The van der Waals surface area contributed by atoms with Crippen LogP contribution < -0.4 is 16.6 Å². The van der Waals surface area contributed by atoms with Gasteiger partial charge in [-0.3, -0.25) is 14.2 Å². The van der Waals surface area contributed by atoms with Crippen molar-refractivity contribution in [3.8, 4) is 5.69 Å². The molecular formula is C26H25N3O3S. The first kappa shape index (κ1) is 21.4. The number of aryl methyl sites for hydroxylation is 4. The van der Waals surface area contributed by atoms with Gasteiger partial charge in [-0.25, -0.2) is 9.36 Å². The highest BCUT2D eigenvalue weighted by atomic mass is 32.1. The van der Waals surface area contributed by atoms with Crippen LogP contribution in [0.3, 0.4) is 0 Å². The van der Waals surface area contributed by atoms with Gasteiger partial charge in [0.2, 0.25) is 5.91 Å². The number of benzene rings is 2. The lowest BCUT2D eigenvalue weighted by atomic mass is 10.1. The van der Waals surface area contributed by atoms with Crippen LogP contribution in [0.15, 0.2) is 58.1 Å². The van der Waals surface area contributed by atoms with Gasteiger partial charge in [-0.2, -0.15) is 0 Å². The molecule has 0 fully saturated rings. The minimum Gasteiger partial charge on any atom is -0.350 e. The normalized spacial score (nSPS) is 12.8. The van der Waals surface area contributed by atoms with Crippen molar-refractivity contribution >= 4 is 27.5 Å². The fraction of sp³-hybridized carbons (Fsp3) is 0.269. The van der Waals surface area contributed by atoms with Crippen LogP contribution in [0.2, 0.25) is 0 Å². The third-order valence-corrected chi connectivity index (χ3v) is 7.68. The Labute approximate surface area is 195 Å². The topological polar surface area (TPSA) is 73.1 Å². The summed E-state index contributed by atoms with van der Waals surface area (Å²) in [5.41, 5.74) is 3.87. The van der Waals surface area contributed by atoms with Crippen molar-refractivity contribution < 1.29 is 4.79 Å². The van der Waals surface area contributed by atoms with E-state index in [0.717, 1.165) is 46.4 Å². The Kier molecular flexibility index (Phi) is 5.50. The molecule has 1 N–H and O–H groups in total. The summed E-state index contributed by atoms with van der Waals surface area (Å²) >= 11 is 1.48.